The number of hydrogen-bond acceptors (Lipinski definition) is 3. The van der Waals surface area contributed by atoms with Crippen LogP contribution in [0.4, 0.5) is 0 Å². The highest BCUT2D eigenvalue weighted by Gasteiger charge is 2.43. The molecule has 0 aliphatic heterocycles. The summed E-state index contributed by atoms with van der Waals surface area (Å²) in [6.45, 7) is 7.19. The second kappa shape index (κ2) is 5.77. The van der Waals surface area contributed by atoms with Crippen molar-refractivity contribution in [3.8, 4) is 0 Å². The molecule has 0 aromatic heterocycles. The van der Waals surface area contributed by atoms with E-state index in [4.69, 9.17) is 0 Å². The lowest BCUT2D eigenvalue weighted by Gasteiger charge is -2.43. The molecular weight excluding hydrogens is 230 g/mol. The fraction of sp³-hybridized carbons (Fsp3) is 1.00. The maximum atomic E-state index is 3.99. The van der Waals surface area contributed by atoms with Gasteiger partial charge in [0.05, 0.1) is 0 Å². The van der Waals surface area contributed by atoms with Crippen molar-refractivity contribution in [1.29, 1.82) is 0 Å². The van der Waals surface area contributed by atoms with Crippen molar-refractivity contribution in [1.82, 2.24) is 14.6 Å². The van der Waals surface area contributed by atoms with E-state index in [9.17, 15) is 0 Å². The quantitative estimate of drug-likeness (QED) is 0.662. The van der Waals surface area contributed by atoms with Gasteiger partial charge < -0.3 is 14.6 Å². The molecule has 96 valence electrons. The molecule has 1 fully saturated rings. The Hall–Kier alpha value is 0.314. The summed E-state index contributed by atoms with van der Waals surface area (Å²) in [6.07, 6.45) is 7.05. The molecule has 0 heterocycles. The van der Waals surface area contributed by atoms with Gasteiger partial charge in [-0.3, -0.25) is 0 Å². The van der Waals surface area contributed by atoms with Gasteiger partial charge in [-0.15, -0.1) is 0 Å². The van der Waals surface area contributed by atoms with Gasteiger partial charge in [0.2, 0.25) is 0 Å². The molecular formula is C11H29N3Si2. The molecule has 0 amide bonds. The molecule has 0 atom stereocenters. The minimum Gasteiger partial charge on any atom is -0.335 e. The zero-order valence-corrected chi connectivity index (χ0v) is 13.6. The summed E-state index contributed by atoms with van der Waals surface area (Å²) in [6, 6.07) is 0. The standard InChI is InChI=1S/C11H29N3Si2/c1-12-16(13-2,14-15(3,4)5)11-9-7-6-8-10-11/h11-14H,6-10H2,1-5H3. The summed E-state index contributed by atoms with van der Waals surface area (Å²) in [5.41, 5.74) is 0.850. The third-order valence-electron chi connectivity index (χ3n) is 3.58. The van der Waals surface area contributed by atoms with Crippen molar-refractivity contribution in [2.75, 3.05) is 14.1 Å². The van der Waals surface area contributed by atoms with Crippen molar-refractivity contribution in [2.24, 2.45) is 0 Å². The third kappa shape index (κ3) is 3.66. The predicted molar refractivity (Wildman–Crippen MR) is 77.2 cm³/mol. The van der Waals surface area contributed by atoms with Crippen LogP contribution in [0.2, 0.25) is 25.2 Å². The zero-order valence-electron chi connectivity index (χ0n) is 11.6. The normalized spacial score (nSPS) is 20.1. The lowest BCUT2D eigenvalue weighted by Crippen LogP contribution is -2.77. The molecule has 3 N–H and O–H groups in total. The van der Waals surface area contributed by atoms with Crippen molar-refractivity contribution in [2.45, 2.75) is 57.3 Å². The monoisotopic (exact) mass is 259 g/mol. The van der Waals surface area contributed by atoms with E-state index in [1.807, 2.05) is 0 Å². The van der Waals surface area contributed by atoms with Crippen LogP contribution in [0.3, 0.4) is 0 Å². The Morgan fingerprint density at radius 1 is 0.875 bits per heavy atom. The maximum Gasteiger partial charge on any atom is 0.277 e. The van der Waals surface area contributed by atoms with Crippen molar-refractivity contribution in [3.05, 3.63) is 0 Å². The number of hydrogen-bond donors (Lipinski definition) is 3. The molecule has 1 aliphatic carbocycles. The highest BCUT2D eigenvalue weighted by atomic mass is 28.4. The van der Waals surface area contributed by atoms with Crippen LogP contribution in [0.5, 0.6) is 0 Å². The first-order chi connectivity index (χ1) is 7.43. The van der Waals surface area contributed by atoms with E-state index in [1.54, 1.807) is 0 Å². The Kier molecular flexibility index (Phi) is 5.19. The fourth-order valence-electron chi connectivity index (χ4n) is 2.89. The molecule has 16 heavy (non-hydrogen) atoms. The summed E-state index contributed by atoms with van der Waals surface area (Å²) >= 11 is 0. The molecule has 0 saturated heterocycles. The van der Waals surface area contributed by atoms with Crippen LogP contribution >= 0.6 is 0 Å². The average molecular weight is 260 g/mol. The summed E-state index contributed by atoms with van der Waals surface area (Å²) in [7, 11) is 1.36. The Labute approximate surface area is 103 Å². The maximum absolute atomic E-state index is 3.99. The average Bonchev–Trinajstić information content (AvgIpc) is 2.26. The van der Waals surface area contributed by atoms with Crippen LogP contribution in [-0.4, -0.2) is 30.9 Å². The summed E-state index contributed by atoms with van der Waals surface area (Å²) < 4.78 is 3.99. The Morgan fingerprint density at radius 2 is 1.38 bits per heavy atom. The molecule has 0 spiro atoms. The Balaban J connectivity index is 2.76. The molecule has 0 aromatic rings. The second-order valence-electron chi connectivity index (χ2n) is 6.02. The van der Waals surface area contributed by atoms with E-state index in [1.165, 1.54) is 32.1 Å². The van der Waals surface area contributed by atoms with Crippen LogP contribution in [0, 0.1) is 0 Å². The van der Waals surface area contributed by atoms with Gasteiger partial charge in [0.25, 0.3) is 8.56 Å². The molecule has 1 aliphatic rings. The van der Waals surface area contributed by atoms with Crippen LogP contribution < -0.4 is 14.6 Å². The summed E-state index contributed by atoms with van der Waals surface area (Å²) in [4.78, 5) is 7.29. The van der Waals surface area contributed by atoms with E-state index in [-0.39, 0.29) is 0 Å². The topological polar surface area (TPSA) is 36.1 Å². The van der Waals surface area contributed by atoms with E-state index >= 15 is 0 Å². The largest absolute Gasteiger partial charge is 0.335 e. The van der Waals surface area contributed by atoms with Gasteiger partial charge in [0, 0.05) is 0 Å². The molecule has 1 saturated carbocycles. The van der Waals surface area contributed by atoms with Gasteiger partial charge >= 0.3 is 0 Å². The summed E-state index contributed by atoms with van der Waals surface area (Å²) in [5.74, 6) is 0. The first-order valence-electron chi connectivity index (χ1n) is 6.61. The zero-order chi connectivity index (χ0) is 12.2. The second-order valence-corrected chi connectivity index (χ2v) is 15.0. The van der Waals surface area contributed by atoms with Crippen molar-refractivity contribution in [3.63, 3.8) is 0 Å². The van der Waals surface area contributed by atoms with Gasteiger partial charge in [0.1, 0.15) is 8.24 Å². The molecule has 3 nitrogen and oxygen atoms in total. The molecule has 5 heteroatoms. The fourth-order valence-corrected chi connectivity index (χ4v) is 11.8. The minimum atomic E-state index is -1.67. The van der Waals surface area contributed by atoms with Gasteiger partial charge in [-0.2, -0.15) is 0 Å². The first-order valence-corrected chi connectivity index (χ1v) is 12.2. The molecule has 0 radical (unpaired) electrons. The molecule has 1 rings (SSSR count). The highest BCUT2D eigenvalue weighted by molar-refractivity contribution is 6.90. The first kappa shape index (κ1) is 14.4. The van der Waals surface area contributed by atoms with Gasteiger partial charge in [-0.25, -0.2) is 0 Å². The summed E-state index contributed by atoms with van der Waals surface area (Å²) in [5, 5.41) is 0. The number of rotatable bonds is 5. The van der Waals surface area contributed by atoms with Crippen LogP contribution in [0.15, 0.2) is 0 Å². The van der Waals surface area contributed by atoms with E-state index in [0.717, 1.165) is 5.54 Å². The van der Waals surface area contributed by atoms with Crippen molar-refractivity contribution < 1.29 is 0 Å². The minimum absolute atomic E-state index is 0.850. The van der Waals surface area contributed by atoms with Crippen molar-refractivity contribution >= 4 is 16.8 Å². The van der Waals surface area contributed by atoms with E-state index < -0.39 is 16.8 Å². The lowest BCUT2D eigenvalue weighted by atomic mass is 10.0. The number of nitrogens with one attached hydrogen (secondary N) is 3. The van der Waals surface area contributed by atoms with Gasteiger partial charge in [-0.05, 0) is 32.5 Å². The van der Waals surface area contributed by atoms with E-state index in [0.29, 0.717) is 0 Å². The molecule has 0 aromatic carbocycles. The molecule has 0 bridgehead atoms. The van der Waals surface area contributed by atoms with Crippen LogP contribution in [-0.2, 0) is 0 Å². The Morgan fingerprint density at radius 3 is 1.75 bits per heavy atom. The SMILES string of the molecule is CN[Si](NC)(N[Si](C)(C)C)C1CCCCC1. The van der Waals surface area contributed by atoms with Crippen LogP contribution in [0.25, 0.3) is 0 Å². The lowest BCUT2D eigenvalue weighted by molar-refractivity contribution is 0.478. The predicted octanol–water partition coefficient (Wildman–Crippen LogP) is 2.12. The third-order valence-corrected chi connectivity index (χ3v) is 11.5. The van der Waals surface area contributed by atoms with Gasteiger partial charge in [0.15, 0.2) is 0 Å². The highest BCUT2D eigenvalue weighted by Crippen LogP contribution is 2.33. The molecule has 0 unspecified atom stereocenters. The van der Waals surface area contributed by atoms with E-state index in [2.05, 4.69) is 48.3 Å². The Bertz CT molecular complexity index is 206. The van der Waals surface area contributed by atoms with Gasteiger partial charge in [-0.1, -0.05) is 38.9 Å². The smallest absolute Gasteiger partial charge is 0.277 e. The van der Waals surface area contributed by atoms with Crippen LogP contribution in [0.1, 0.15) is 32.1 Å².